The van der Waals surface area contributed by atoms with Gasteiger partial charge in [-0.1, -0.05) is 0 Å². The van der Waals surface area contributed by atoms with Crippen LogP contribution in [0, 0.1) is 5.82 Å². The first-order valence-corrected chi connectivity index (χ1v) is 6.86. The Balaban J connectivity index is 3.10. The third-order valence-corrected chi connectivity index (χ3v) is 4.41. The molecule has 1 atom stereocenters. The highest BCUT2D eigenvalue weighted by atomic mass is 79.9. The first-order valence-electron chi connectivity index (χ1n) is 4.59. The summed E-state index contributed by atoms with van der Waals surface area (Å²) in [5, 5.41) is 17.4. The van der Waals surface area contributed by atoms with Crippen LogP contribution in [0.5, 0.6) is 0 Å². The molecule has 0 aliphatic rings. The average molecular weight is 342 g/mol. The molecule has 6 nitrogen and oxygen atoms in total. The molecule has 0 aliphatic carbocycles. The smallest absolute Gasteiger partial charge is 0.324 e. The number of sulfonamides is 1. The van der Waals surface area contributed by atoms with E-state index < -0.39 is 34.5 Å². The molecule has 0 heterocycles. The Hall–Kier alpha value is -1.03. The number of aliphatic hydroxyl groups is 1. The SMILES string of the molecule is O=C(O)C(CO)NS(=O)(=O)c1ccc(F)cc1Br. The van der Waals surface area contributed by atoms with Gasteiger partial charge in [-0.05, 0) is 34.1 Å². The van der Waals surface area contributed by atoms with Crippen LogP contribution in [0.2, 0.25) is 0 Å². The number of nitrogens with one attached hydrogen (secondary N) is 1. The highest BCUT2D eigenvalue weighted by Gasteiger charge is 2.26. The Bertz CT molecular complexity index is 562. The fourth-order valence-electron chi connectivity index (χ4n) is 1.11. The average Bonchev–Trinajstić information content (AvgIpc) is 2.24. The number of rotatable bonds is 5. The second-order valence-corrected chi connectivity index (χ2v) is 5.81. The lowest BCUT2D eigenvalue weighted by Crippen LogP contribution is -2.43. The predicted molar refractivity (Wildman–Crippen MR) is 62.9 cm³/mol. The van der Waals surface area contributed by atoms with Crippen LogP contribution in [0.25, 0.3) is 0 Å². The number of carboxylic acid groups (broad SMARTS) is 1. The van der Waals surface area contributed by atoms with E-state index in [4.69, 9.17) is 10.2 Å². The van der Waals surface area contributed by atoms with Gasteiger partial charge in [-0.15, -0.1) is 0 Å². The van der Waals surface area contributed by atoms with Crippen molar-refractivity contribution < 1.29 is 27.8 Å². The molecule has 1 aromatic carbocycles. The molecule has 0 fully saturated rings. The Labute approximate surface area is 111 Å². The molecule has 18 heavy (non-hydrogen) atoms. The predicted octanol–water partition coefficient (Wildman–Crippen LogP) is 0.312. The van der Waals surface area contributed by atoms with Crippen molar-refractivity contribution in [2.24, 2.45) is 0 Å². The van der Waals surface area contributed by atoms with Crippen LogP contribution >= 0.6 is 15.9 Å². The zero-order chi connectivity index (χ0) is 13.9. The van der Waals surface area contributed by atoms with E-state index in [9.17, 15) is 17.6 Å². The van der Waals surface area contributed by atoms with Crippen LogP contribution in [0.1, 0.15) is 0 Å². The van der Waals surface area contributed by atoms with Gasteiger partial charge in [0.1, 0.15) is 11.9 Å². The summed E-state index contributed by atoms with van der Waals surface area (Å²) in [6.45, 7) is -0.895. The third kappa shape index (κ3) is 3.48. The summed E-state index contributed by atoms with van der Waals surface area (Å²) < 4.78 is 38.2. The van der Waals surface area contributed by atoms with Crippen molar-refractivity contribution in [1.82, 2.24) is 4.72 Å². The summed E-state index contributed by atoms with van der Waals surface area (Å²) in [6, 6.07) is 1.18. The molecule has 0 amide bonds. The Kier molecular flexibility index (Phi) is 4.79. The maximum Gasteiger partial charge on any atom is 0.324 e. The highest BCUT2D eigenvalue weighted by Crippen LogP contribution is 2.22. The molecule has 0 aliphatic heterocycles. The fraction of sp³-hybridized carbons (Fsp3) is 0.222. The summed E-state index contributed by atoms with van der Waals surface area (Å²) in [5.74, 6) is -2.16. The van der Waals surface area contributed by atoms with E-state index in [0.29, 0.717) is 0 Å². The van der Waals surface area contributed by atoms with Gasteiger partial charge in [-0.3, -0.25) is 4.79 Å². The topological polar surface area (TPSA) is 104 Å². The van der Waals surface area contributed by atoms with Gasteiger partial charge < -0.3 is 10.2 Å². The number of aliphatic carboxylic acids is 1. The molecule has 0 bridgehead atoms. The van der Waals surface area contributed by atoms with E-state index in [1.807, 2.05) is 0 Å². The Morgan fingerprint density at radius 1 is 1.50 bits per heavy atom. The number of benzene rings is 1. The van der Waals surface area contributed by atoms with Gasteiger partial charge >= 0.3 is 5.97 Å². The molecular weight excluding hydrogens is 333 g/mol. The van der Waals surface area contributed by atoms with Gasteiger partial charge in [0.2, 0.25) is 10.0 Å². The second kappa shape index (κ2) is 5.74. The van der Waals surface area contributed by atoms with Crippen molar-refractivity contribution in [3.63, 3.8) is 0 Å². The van der Waals surface area contributed by atoms with Crippen LogP contribution in [-0.2, 0) is 14.8 Å². The van der Waals surface area contributed by atoms with Crippen LogP contribution in [0.4, 0.5) is 4.39 Å². The zero-order valence-electron chi connectivity index (χ0n) is 8.80. The minimum absolute atomic E-state index is 0.0444. The molecule has 0 aromatic heterocycles. The number of carboxylic acids is 1. The molecule has 9 heteroatoms. The van der Waals surface area contributed by atoms with Crippen molar-refractivity contribution in [3.05, 3.63) is 28.5 Å². The lowest BCUT2D eigenvalue weighted by atomic mass is 10.3. The Morgan fingerprint density at radius 3 is 2.56 bits per heavy atom. The Morgan fingerprint density at radius 2 is 2.11 bits per heavy atom. The lowest BCUT2D eigenvalue weighted by molar-refractivity contribution is -0.139. The van der Waals surface area contributed by atoms with Gasteiger partial charge in [-0.2, -0.15) is 4.72 Å². The standard InChI is InChI=1S/C9H9BrFNO5S/c10-6-3-5(11)1-2-8(6)18(16,17)12-7(4-13)9(14)15/h1-3,7,12-13H,4H2,(H,14,15). The van der Waals surface area contributed by atoms with E-state index in [1.165, 1.54) is 0 Å². The minimum Gasteiger partial charge on any atom is -0.480 e. The zero-order valence-corrected chi connectivity index (χ0v) is 11.2. The molecule has 0 radical (unpaired) electrons. The molecule has 1 aromatic rings. The van der Waals surface area contributed by atoms with Crippen LogP contribution in [-0.4, -0.2) is 37.2 Å². The number of halogens is 2. The first kappa shape index (κ1) is 15.0. The van der Waals surface area contributed by atoms with Gasteiger partial charge in [0, 0.05) is 4.47 Å². The minimum atomic E-state index is -4.17. The molecule has 0 saturated heterocycles. The normalized spacial score (nSPS) is 13.3. The summed E-state index contributed by atoms with van der Waals surface area (Å²) in [6.07, 6.45) is 0. The number of hydrogen-bond donors (Lipinski definition) is 3. The van der Waals surface area contributed by atoms with Crippen molar-refractivity contribution >= 4 is 31.9 Å². The number of aliphatic hydroxyl groups excluding tert-OH is 1. The molecule has 100 valence electrons. The summed E-state index contributed by atoms with van der Waals surface area (Å²) >= 11 is 2.86. The van der Waals surface area contributed by atoms with Crippen LogP contribution in [0.15, 0.2) is 27.6 Å². The van der Waals surface area contributed by atoms with Crippen LogP contribution < -0.4 is 4.72 Å². The van der Waals surface area contributed by atoms with E-state index in [2.05, 4.69) is 15.9 Å². The summed E-state index contributed by atoms with van der Waals surface area (Å²) in [4.78, 5) is 10.3. The molecule has 0 spiro atoms. The molecule has 0 saturated carbocycles. The van der Waals surface area contributed by atoms with Gasteiger partial charge in [0.05, 0.1) is 11.5 Å². The largest absolute Gasteiger partial charge is 0.480 e. The van der Waals surface area contributed by atoms with Crippen molar-refractivity contribution in [1.29, 1.82) is 0 Å². The lowest BCUT2D eigenvalue weighted by Gasteiger charge is -2.13. The molecule has 1 rings (SSSR count). The van der Waals surface area contributed by atoms with E-state index >= 15 is 0 Å². The van der Waals surface area contributed by atoms with E-state index in [-0.39, 0.29) is 9.37 Å². The first-order chi connectivity index (χ1) is 8.27. The van der Waals surface area contributed by atoms with Crippen molar-refractivity contribution in [3.8, 4) is 0 Å². The van der Waals surface area contributed by atoms with E-state index in [0.717, 1.165) is 18.2 Å². The maximum atomic E-state index is 12.8. The number of carbonyl (C=O) groups is 1. The summed E-state index contributed by atoms with van der Waals surface area (Å²) in [7, 11) is -4.17. The fourth-order valence-corrected chi connectivity index (χ4v) is 3.34. The maximum absolute atomic E-state index is 12.8. The second-order valence-electron chi connectivity index (χ2n) is 3.27. The van der Waals surface area contributed by atoms with Gasteiger partial charge in [0.15, 0.2) is 0 Å². The van der Waals surface area contributed by atoms with Crippen LogP contribution in [0.3, 0.4) is 0 Å². The van der Waals surface area contributed by atoms with Gasteiger partial charge in [0.25, 0.3) is 0 Å². The highest BCUT2D eigenvalue weighted by molar-refractivity contribution is 9.10. The molecule has 1 unspecified atom stereocenters. The molecular formula is C9H9BrFNO5S. The van der Waals surface area contributed by atoms with Crippen molar-refractivity contribution in [2.45, 2.75) is 10.9 Å². The quantitative estimate of drug-likeness (QED) is 0.715. The summed E-state index contributed by atoms with van der Waals surface area (Å²) in [5.41, 5.74) is 0. The monoisotopic (exact) mass is 341 g/mol. The van der Waals surface area contributed by atoms with Gasteiger partial charge in [-0.25, -0.2) is 12.8 Å². The number of hydrogen-bond acceptors (Lipinski definition) is 4. The van der Waals surface area contributed by atoms with E-state index in [1.54, 1.807) is 4.72 Å². The molecule has 3 N–H and O–H groups in total. The van der Waals surface area contributed by atoms with Crippen molar-refractivity contribution in [2.75, 3.05) is 6.61 Å². The third-order valence-electron chi connectivity index (χ3n) is 1.96.